The van der Waals surface area contributed by atoms with Crippen molar-refractivity contribution < 1.29 is 26.7 Å². The van der Waals surface area contributed by atoms with Crippen LogP contribution in [0.4, 0.5) is 13.2 Å². The van der Waals surface area contributed by atoms with Crippen molar-refractivity contribution in [2.24, 2.45) is 0 Å². The molecule has 10 heteroatoms. The van der Waals surface area contributed by atoms with Gasteiger partial charge in [-0.1, -0.05) is 84.4 Å². The highest BCUT2D eigenvalue weighted by Gasteiger charge is 2.35. The van der Waals surface area contributed by atoms with Crippen LogP contribution >= 0.6 is 11.6 Å². The number of halogens is 4. The van der Waals surface area contributed by atoms with E-state index in [-0.39, 0.29) is 29.6 Å². The zero-order valence-electron chi connectivity index (χ0n) is 25.0. The molecule has 1 aliphatic heterocycles. The largest absolute Gasteiger partial charge is 0.417 e. The van der Waals surface area contributed by atoms with Gasteiger partial charge in [-0.3, -0.25) is 9.45 Å². The van der Waals surface area contributed by atoms with E-state index in [0.717, 1.165) is 30.0 Å². The van der Waals surface area contributed by atoms with Gasteiger partial charge in [0.05, 0.1) is 16.7 Å². The summed E-state index contributed by atoms with van der Waals surface area (Å²) in [5.74, 6) is -0.0221. The fraction of sp³-hybridized carbons (Fsp3) is 0.455. The lowest BCUT2D eigenvalue weighted by atomic mass is 9.90. The lowest BCUT2D eigenvalue weighted by molar-refractivity contribution is -0.137. The molecular formula is C33H42ClF3N2O3S. The molecule has 236 valence electrons. The van der Waals surface area contributed by atoms with E-state index in [0.29, 0.717) is 38.2 Å². The van der Waals surface area contributed by atoms with Crippen LogP contribution in [0, 0.1) is 0 Å². The number of benzene rings is 3. The summed E-state index contributed by atoms with van der Waals surface area (Å²) in [4.78, 5) is 2.18. The van der Waals surface area contributed by atoms with Crippen molar-refractivity contribution in [3.63, 3.8) is 0 Å². The SMILES string of the molecule is C[C@H](CCO[C@@H]1CCCN(S(C)(C)(=O)O)C1)N(Cc1cccc(C(F)(F)F)c1Cl)CC(c1ccccc1)c1ccccc1. The number of ether oxygens (including phenoxy) is 1. The summed E-state index contributed by atoms with van der Waals surface area (Å²) >= 11 is 6.36. The fourth-order valence-electron chi connectivity index (χ4n) is 5.65. The number of hydrogen-bond donors (Lipinski definition) is 1. The maximum Gasteiger partial charge on any atom is 0.417 e. The fourth-order valence-corrected chi connectivity index (χ4v) is 7.19. The quantitative estimate of drug-likeness (QED) is 0.221. The summed E-state index contributed by atoms with van der Waals surface area (Å²) in [5.41, 5.74) is 1.81. The average Bonchev–Trinajstić information content (AvgIpc) is 2.95. The van der Waals surface area contributed by atoms with Crippen LogP contribution in [-0.4, -0.2) is 68.9 Å². The molecule has 0 aliphatic carbocycles. The van der Waals surface area contributed by atoms with E-state index < -0.39 is 21.3 Å². The van der Waals surface area contributed by atoms with E-state index in [4.69, 9.17) is 16.3 Å². The summed E-state index contributed by atoms with van der Waals surface area (Å²) in [6.07, 6.45) is 0.234. The molecule has 3 aromatic rings. The Labute approximate surface area is 258 Å². The van der Waals surface area contributed by atoms with Gasteiger partial charge >= 0.3 is 6.18 Å². The molecule has 43 heavy (non-hydrogen) atoms. The van der Waals surface area contributed by atoms with E-state index in [9.17, 15) is 21.9 Å². The van der Waals surface area contributed by atoms with Crippen LogP contribution in [-0.2, 0) is 27.0 Å². The zero-order chi connectivity index (χ0) is 31.3. The van der Waals surface area contributed by atoms with Crippen LogP contribution in [0.3, 0.4) is 0 Å². The molecule has 1 fully saturated rings. The summed E-state index contributed by atoms with van der Waals surface area (Å²) in [6.45, 7) is 4.20. The number of nitrogens with zero attached hydrogens (tertiary/aromatic N) is 2. The molecule has 0 bridgehead atoms. The Morgan fingerprint density at radius 3 is 2.19 bits per heavy atom. The van der Waals surface area contributed by atoms with Crippen molar-refractivity contribution in [2.75, 3.05) is 38.8 Å². The average molecular weight is 639 g/mol. The molecule has 0 saturated carbocycles. The van der Waals surface area contributed by atoms with E-state index >= 15 is 0 Å². The normalized spacial score (nSPS) is 18.5. The van der Waals surface area contributed by atoms with Crippen molar-refractivity contribution in [1.82, 2.24) is 9.21 Å². The highest BCUT2D eigenvalue weighted by atomic mass is 35.5. The molecule has 1 aliphatic rings. The number of alkyl halides is 3. The van der Waals surface area contributed by atoms with E-state index in [1.807, 2.05) is 36.4 Å². The van der Waals surface area contributed by atoms with Gasteiger partial charge in [-0.2, -0.15) is 17.4 Å². The summed E-state index contributed by atoms with van der Waals surface area (Å²) in [7, 11) is -3.84. The van der Waals surface area contributed by atoms with Gasteiger partial charge in [0.2, 0.25) is 0 Å². The minimum atomic E-state index is -4.55. The third-order valence-electron chi connectivity index (χ3n) is 8.17. The van der Waals surface area contributed by atoms with E-state index in [2.05, 4.69) is 36.1 Å². The Morgan fingerprint density at radius 1 is 1.02 bits per heavy atom. The van der Waals surface area contributed by atoms with Crippen LogP contribution in [0.1, 0.15) is 54.4 Å². The van der Waals surface area contributed by atoms with Gasteiger partial charge in [-0.25, -0.2) is 4.31 Å². The standard InChI is InChI=1S/C33H42ClF3N2O3S/c1-25(19-21-42-29-17-11-20-39(23-29)43(2,3,40)41)38(22-28-16-10-18-31(32(28)34)33(35,36)37)24-30(26-12-6-4-7-13-26)27-14-8-5-9-15-27/h4-10,12-16,18,25,29-30H,11,17,19-24H2,1-3H3,(H,40,41)/t25-,29-/m1/s1. The second-order valence-electron chi connectivity index (χ2n) is 11.9. The highest BCUT2D eigenvalue weighted by Crippen LogP contribution is 2.37. The monoisotopic (exact) mass is 638 g/mol. The lowest BCUT2D eigenvalue weighted by Gasteiger charge is -2.48. The molecule has 1 saturated heterocycles. The summed E-state index contributed by atoms with van der Waals surface area (Å²) in [6, 6.07) is 24.2. The van der Waals surface area contributed by atoms with Crippen LogP contribution < -0.4 is 0 Å². The van der Waals surface area contributed by atoms with Crippen LogP contribution in [0.15, 0.2) is 78.9 Å². The molecule has 2 atom stereocenters. The molecule has 3 aromatic carbocycles. The maximum absolute atomic E-state index is 13.7. The molecule has 1 N–H and O–H groups in total. The van der Waals surface area contributed by atoms with Crippen LogP contribution in [0.5, 0.6) is 0 Å². The Bertz CT molecular complexity index is 1350. The van der Waals surface area contributed by atoms with Gasteiger partial charge in [0.25, 0.3) is 0 Å². The molecule has 1 heterocycles. The van der Waals surface area contributed by atoms with Crippen molar-refractivity contribution in [3.05, 3.63) is 106 Å². The molecule has 0 aromatic heterocycles. The van der Waals surface area contributed by atoms with Gasteiger partial charge in [0.1, 0.15) is 0 Å². The third-order valence-corrected chi connectivity index (χ3v) is 10.4. The number of piperidine rings is 1. The molecule has 0 radical (unpaired) electrons. The molecule has 4 rings (SSSR count). The molecular weight excluding hydrogens is 597 g/mol. The maximum atomic E-state index is 13.7. The van der Waals surface area contributed by atoms with E-state index in [1.165, 1.54) is 18.6 Å². The van der Waals surface area contributed by atoms with Gasteiger partial charge in [-0.15, -0.1) is 9.53 Å². The van der Waals surface area contributed by atoms with Crippen LogP contribution in [0.2, 0.25) is 5.02 Å². The third kappa shape index (κ3) is 9.36. The predicted octanol–water partition coefficient (Wildman–Crippen LogP) is 7.72. The van der Waals surface area contributed by atoms with Crippen molar-refractivity contribution in [2.45, 2.75) is 57.0 Å². The topological polar surface area (TPSA) is 53.0 Å². The Hall–Kier alpha value is -2.27. The van der Waals surface area contributed by atoms with E-state index in [1.54, 1.807) is 10.4 Å². The summed E-state index contributed by atoms with van der Waals surface area (Å²) in [5, 5.41) is -0.275. The van der Waals surface area contributed by atoms with Gasteiger partial charge in [0.15, 0.2) is 0 Å². The van der Waals surface area contributed by atoms with Gasteiger partial charge < -0.3 is 4.74 Å². The zero-order valence-corrected chi connectivity index (χ0v) is 26.5. The molecule has 5 nitrogen and oxygen atoms in total. The first kappa shape index (κ1) is 33.6. The molecule has 0 unspecified atom stereocenters. The number of hydrogen-bond acceptors (Lipinski definition) is 3. The Morgan fingerprint density at radius 2 is 1.63 bits per heavy atom. The number of rotatable bonds is 12. The summed E-state index contributed by atoms with van der Waals surface area (Å²) < 4.78 is 72.1. The van der Waals surface area contributed by atoms with Crippen molar-refractivity contribution in [3.8, 4) is 0 Å². The Kier molecular flexibility index (Phi) is 10.8. The lowest BCUT2D eigenvalue weighted by Crippen LogP contribution is -2.54. The molecule has 0 amide bonds. The van der Waals surface area contributed by atoms with Crippen molar-refractivity contribution >= 4 is 21.1 Å². The van der Waals surface area contributed by atoms with Crippen LogP contribution in [0.25, 0.3) is 0 Å². The predicted molar refractivity (Wildman–Crippen MR) is 169 cm³/mol. The van der Waals surface area contributed by atoms with Gasteiger partial charge in [0, 0.05) is 57.3 Å². The Balaban J connectivity index is 1.56. The first-order valence-corrected chi connectivity index (χ1v) is 17.7. The smallest absolute Gasteiger partial charge is 0.377 e. The molecule has 0 spiro atoms. The highest BCUT2D eigenvalue weighted by molar-refractivity contribution is 8.11. The minimum Gasteiger partial charge on any atom is -0.377 e. The first-order chi connectivity index (χ1) is 20.2. The second-order valence-corrected chi connectivity index (χ2v) is 16.2. The van der Waals surface area contributed by atoms with Gasteiger partial charge in [-0.05, 0) is 48.9 Å². The first-order valence-electron chi connectivity index (χ1n) is 14.6. The van der Waals surface area contributed by atoms with Crippen molar-refractivity contribution in [1.29, 1.82) is 0 Å². The second kappa shape index (κ2) is 13.8. The minimum absolute atomic E-state index is 0.0221.